The molecule has 0 unspecified atom stereocenters. The van der Waals surface area contributed by atoms with Gasteiger partial charge in [0.05, 0.1) is 10.6 Å². The highest BCUT2D eigenvalue weighted by atomic mass is 79.9. The van der Waals surface area contributed by atoms with Crippen molar-refractivity contribution in [2.75, 3.05) is 11.1 Å². The Morgan fingerprint density at radius 2 is 1.79 bits per heavy atom. The number of hydrogen-bond donors (Lipinski definition) is 0. The molecule has 0 heterocycles. The lowest BCUT2D eigenvalue weighted by molar-refractivity contribution is 0.394. The van der Waals surface area contributed by atoms with Crippen molar-refractivity contribution in [2.24, 2.45) is 5.41 Å². The normalized spacial score (nSPS) is 18.7. The Kier molecular flexibility index (Phi) is 4.41. The number of hydrogen-bond acceptors (Lipinski definition) is 2. The van der Waals surface area contributed by atoms with Crippen LogP contribution in [-0.2, 0) is 9.84 Å². The Morgan fingerprint density at radius 3 is 2.32 bits per heavy atom. The second-order valence-electron chi connectivity index (χ2n) is 5.85. The van der Waals surface area contributed by atoms with Crippen LogP contribution in [0.4, 0.5) is 0 Å². The summed E-state index contributed by atoms with van der Waals surface area (Å²) >= 11 is 3.52. The lowest BCUT2D eigenvalue weighted by Gasteiger charge is -2.26. The molecular weight excluding hydrogens is 324 g/mol. The highest BCUT2D eigenvalue weighted by Gasteiger charge is 2.37. The van der Waals surface area contributed by atoms with E-state index in [1.807, 2.05) is 26.0 Å². The molecule has 0 atom stereocenters. The maximum atomic E-state index is 12.6. The van der Waals surface area contributed by atoms with Crippen molar-refractivity contribution in [1.82, 2.24) is 0 Å². The first-order valence-electron chi connectivity index (χ1n) is 6.75. The average Bonchev–Trinajstić information content (AvgIpc) is 2.81. The second kappa shape index (κ2) is 5.57. The summed E-state index contributed by atoms with van der Waals surface area (Å²) in [6.07, 6.45) is 4.33. The molecule has 0 spiro atoms. The smallest absolute Gasteiger partial charge is 0.178 e. The van der Waals surface area contributed by atoms with Crippen molar-refractivity contribution in [3.63, 3.8) is 0 Å². The van der Waals surface area contributed by atoms with E-state index in [1.54, 1.807) is 6.07 Å². The van der Waals surface area contributed by atoms with E-state index >= 15 is 0 Å². The first-order valence-corrected chi connectivity index (χ1v) is 9.52. The first kappa shape index (κ1) is 15.0. The molecule has 0 radical (unpaired) electrons. The van der Waals surface area contributed by atoms with E-state index in [1.165, 1.54) is 0 Å². The molecule has 0 aromatic heterocycles. The van der Waals surface area contributed by atoms with Gasteiger partial charge in [0.2, 0.25) is 0 Å². The summed E-state index contributed by atoms with van der Waals surface area (Å²) < 4.78 is 25.2. The van der Waals surface area contributed by atoms with Crippen LogP contribution in [0.25, 0.3) is 0 Å². The van der Waals surface area contributed by atoms with E-state index in [-0.39, 0.29) is 11.2 Å². The third-order valence-corrected chi connectivity index (χ3v) is 7.44. The standard InChI is InChI=1S/C15H21BrO2S/c1-12-5-6-14(9-13(12)2)19(17,18)11-15(10-16)7-3-4-8-15/h5-6,9H,3-4,7-8,10-11H2,1-2H3. The van der Waals surface area contributed by atoms with Crippen LogP contribution in [0.3, 0.4) is 0 Å². The van der Waals surface area contributed by atoms with Gasteiger partial charge >= 0.3 is 0 Å². The summed E-state index contributed by atoms with van der Waals surface area (Å²) in [6, 6.07) is 5.45. The van der Waals surface area contributed by atoms with Gasteiger partial charge in [-0.25, -0.2) is 8.42 Å². The molecule has 4 heteroatoms. The molecule has 0 bridgehead atoms. The number of benzene rings is 1. The minimum absolute atomic E-state index is 0.0579. The zero-order valence-electron chi connectivity index (χ0n) is 11.6. The fraction of sp³-hybridized carbons (Fsp3) is 0.600. The van der Waals surface area contributed by atoms with E-state index in [0.29, 0.717) is 4.90 Å². The van der Waals surface area contributed by atoms with Crippen LogP contribution in [-0.4, -0.2) is 19.5 Å². The van der Waals surface area contributed by atoms with E-state index in [9.17, 15) is 8.42 Å². The molecule has 1 aromatic carbocycles. The van der Waals surface area contributed by atoms with Gasteiger partial charge in [-0.05, 0) is 55.4 Å². The Labute approximate surface area is 124 Å². The average molecular weight is 345 g/mol. The summed E-state index contributed by atoms with van der Waals surface area (Å²) in [5, 5.41) is 0.782. The van der Waals surface area contributed by atoms with Crippen LogP contribution in [0.5, 0.6) is 0 Å². The first-order chi connectivity index (χ1) is 8.88. The van der Waals surface area contributed by atoms with Crippen molar-refractivity contribution in [3.05, 3.63) is 29.3 Å². The topological polar surface area (TPSA) is 34.1 Å². The fourth-order valence-electron chi connectivity index (χ4n) is 2.84. The third-order valence-electron chi connectivity index (χ3n) is 4.28. The summed E-state index contributed by atoms with van der Waals surface area (Å²) in [4.78, 5) is 0.475. The van der Waals surface area contributed by atoms with Crippen LogP contribution < -0.4 is 0 Å². The maximum absolute atomic E-state index is 12.6. The van der Waals surface area contributed by atoms with E-state index in [2.05, 4.69) is 15.9 Å². The summed E-state index contributed by atoms with van der Waals surface area (Å²) in [5.41, 5.74) is 2.12. The van der Waals surface area contributed by atoms with Crippen molar-refractivity contribution in [3.8, 4) is 0 Å². The maximum Gasteiger partial charge on any atom is 0.178 e. The van der Waals surface area contributed by atoms with Gasteiger partial charge in [0.15, 0.2) is 9.84 Å². The van der Waals surface area contributed by atoms with Gasteiger partial charge in [-0.1, -0.05) is 34.8 Å². The van der Waals surface area contributed by atoms with Crippen molar-refractivity contribution >= 4 is 25.8 Å². The van der Waals surface area contributed by atoms with Gasteiger partial charge in [-0.15, -0.1) is 0 Å². The van der Waals surface area contributed by atoms with Gasteiger partial charge in [-0.3, -0.25) is 0 Å². The molecule has 0 saturated heterocycles. The molecule has 2 nitrogen and oxygen atoms in total. The zero-order valence-corrected chi connectivity index (χ0v) is 14.0. The third kappa shape index (κ3) is 3.22. The summed E-state index contributed by atoms with van der Waals surface area (Å²) in [7, 11) is -3.18. The quantitative estimate of drug-likeness (QED) is 0.772. The molecular formula is C15H21BrO2S. The zero-order chi connectivity index (χ0) is 14.1. The highest BCUT2D eigenvalue weighted by Crippen LogP contribution is 2.41. The number of sulfone groups is 1. The predicted molar refractivity (Wildman–Crippen MR) is 82.7 cm³/mol. The Balaban J connectivity index is 2.29. The van der Waals surface area contributed by atoms with Crippen LogP contribution in [0, 0.1) is 19.3 Å². The van der Waals surface area contributed by atoms with Crippen LogP contribution in [0.15, 0.2) is 23.1 Å². The molecule has 2 rings (SSSR count). The number of halogens is 1. The Morgan fingerprint density at radius 1 is 1.16 bits per heavy atom. The van der Waals surface area contributed by atoms with Gasteiger partial charge in [0.25, 0.3) is 0 Å². The van der Waals surface area contributed by atoms with Gasteiger partial charge < -0.3 is 0 Å². The molecule has 106 valence electrons. The second-order valence-corrected chi connectivity index (χ2v) is 8.40. The highest BCUT2D eigenvalue weighted by molar-refractivity contribution is 9.09. The number of rotatable bonds is 4. The molecule has 1 saturated carbocycles. The van der Waals surface area contributed by atoms with Gasteiger partial charge in [-0.2, -0.15) is 0 Å². The van der Waals surface area contributed by atoms with Crippen molar-refractivity contribution in [1.29, 1.82) is 0 Å². The lowest BCUT2D eigenvalue weighted by Crippen LogP contribution is -2.29. The molecule has 1 fully saturated rings. The summed E-state index contributed by atoms with van der Waals surface area (Å²) in [6.45, 7) is 3.97. The van der Waals surface area contributed by atoms with E-state index in [4.69, 9.17) is 0 Å². The lowest BCUT2D eigenvalue weighted by atomic mass is 9.92. The monoisotopic (exact) mass is 344 g/mol. The molecule has 1 aromatic rings. The van der Waals surface area contributed by atoms with Crippen LogP contribution in [0.1, 0.15) is 36.8 Å². The van der Waals surface area contributed by atoms with Crippen LogP contribution >= 0.6 is 15.9 Å². The van der Waals surface area contributed by atoms with E-state index in [0.717, 1.165) is 42.1 Å². The Bertz CT molecular complexity index is 558. The Hall–Kier alpha value is -0.350. The predicted octanol–water partition coefficient (Wildman–Crippen LogP) is 4.03. The molecule has 1 aliphatic carbocycles. The van der Waals surface area contributed by atoms with Gasteiger partial charge in [0.1, 0.15) is 0 Å². The van der Waals surface area contributed by atoms with Crippen molar-refractivity contribution < 1.29 is 8.42 Å². The summed E-state index contributed by atoms with van der Waals surface area (Å²) in [5.74, 6) is 0.272. The van der Waals surface area contributed by atoms with Crippen molar-refractivity contribution in [2.45, 2.75) is 44.4 Å². The SMILES string of the molecule is Cc1ccc(S(=O)(=O)CC2(CBr)CCCC2)cc1C. The fourth-order valence-corrected chi connectivity index (χ4v) is 5.85. The van der Waals surface area contributed by atoms with Gasteiger partial charge in [0, 0.05) is 5.33 Å². The largest absolute Gasteiger partial charge is 0.224 e. The minimum Gasteiger partial charge on any atom is -0.224 e. The minimum atomic E-state index is -3.18. The molecule has 0 amide bonds. The van der Waals surface area contributed by atoms with E-state index < -0.39 is 9.84 Å². The molecule has 0 aliphatic heterocycles. The van der Waals surface area contributed by atoms with Crippen LogP contribution in [0.2, 0.25) is 0 Å². The molecule has 0 N–H and O–H groups in total. The number of alkyl halides is 1. The molecule has 19 heavy (non-hydrogen) atoms. The molecule has 1 aliphatic rings. The number of aryl methyl sites for hydroxylation is 2.